The summed E-state index contributed by atoms with van der Waals surface area (Å²) in [5.41, 5.74) is 5.97. The van der Waals surface area contributed by atoms with Gasteiger partial charge in [0.05, 0.1) is 28.1 Å². The number of benzene rings is 1. The summed E-state index contributed by atoms with van der Waals surface area (Å²) in [6, 6.07) is 14.1. The number of nitrogens with zero attached hydrogens (tertiary/aromatic N) is 3. The van der Waals surface area contributed by atoms with E-state index < -0.39 is 0 Å². The molecule has 3 nitrogen and oxygen atoms in total. The molecule has 0 radical (unpaired) electrons. The summed E-state index contributed by atoms with van der Waals surface area (Å²) < 4.78 is 0. The summed E-state index contributed by atoms with van der Waals surface area (Å²) in [5, 5.41) is 0. The van der Waals surface area contributed by atoms with E-state index in [1.807, 2.05) is 49.5 Å². The van der Waals surface area contributed by atoms with E-state index in [9.17, 15) is 0 Å². The molecule has 0 N–H and O–H groups in total. The average molecular weight is 313 g/mol. The molecular weight excluding hydrogens is 294 g/mol. The van der Waals surface area contributed by atoms with E-state index in [-0.39, 0.29) is 5.41 Å². The van der Waals surface area contributed by atoms with Crippen molar-refractivity contribution in [2.75, 3.05) is 0 Å². The molecule has 0 saturated heterocycles. The number of pyridine rings is 1. The molecular formula is C21H19N3. The van der Waals surface area contributed by atoms with Crippen molar-refractivity contribution in [3.05, 3.63) is 84.0 Å². The van der Waals surface area contributed by atoms with Crippen LogP contribution in [-0.2, 0) is 5.41 Å². The predicted molar refractivity (Wildman–Crippen MR) is 97.6 cm³/mol. The Bertz CT molecular complexity index is 957. The van der Waals surface area contributed by atoms with Crippen LogP contribution in [0.1, 0.15) is 30.4 Å². The Morgan fingerprint density at radius 2 is 1.71 bits per heavy atom. The molecule has 2 heterocycles. The highest BCUT2D eigenvalue weighted by Crippen LogP contribution is 2.35. The van der Waals surface area contributed by atoms with Crippen molar-refractivity contribution in [1.29, 1.82) is 0 Å². The molecule has 1 atom stereocenters. The third-order valence-corrected chi connectivity index (χ3v) is 4.65. The lowest BCUT2D eigenvalue weighted by molar-refractivity contribution is 0.580. The van der Waals surface area contributed by atoms with Gasteiger partial charge in [-0.2, -0.15) is 0 Å². The van der Waals surface area contributed by atoms with Gasteiger partial charge >= 0.3 is 0 Å². The lowest BCUT2D eigenvalue weighted by Crippen LogP contribution is -2.21. The van der Waals surface area contributed by atoms with Gasteiger partial charge < -0.3 is 0 Å². The van der Waals surface area contributed by atoms with E-state index in [1.165, 1.54) is 0 Å². The normalized spacial score (nSPS) is 20.2. The number of hydrogen-bond acceptors (Lipinski definition) is 3. The summed E-state index contributed by atoms with van der Waals surface area (Å²) in [6.45, 7) is 4.24. The zero-order chi connectivity index (χ0) is 16.6. The second-order valence-corrected chi connectivity index (χ2v) is 6.48. The summed E-state index contributed by atoms with van der Waals surface area (Å²) in [7, 11) is 0. The summed E-state index contributed by atoms with van der Waals surface area (Å²) >= 11 is 0. The van der Waals surface area contributed by atoms with Crippen LogP contribution >= 0.6 is 0 Å². The molecule has 0 amide bonds. The van der Waals surface area contributed by atoms with Crippen LogP contribution in [0.4, 0.5) is 0 Å². The molecule has 1 aromatic carbocycles. The first-order chi connectivity index (χ1) is 11.7. The first-order valence-corrected chi connectivity index (χ1v) is 8.20. The van der Waals surface area contributed by atoms with E-state index in [1.54, 1.807) is 0 Å². The minimum absolute atomic E-state index is 0.0665. The Balaban J connectivity index is 1.70. The Morgan fingerprint density at radius 3 is 2.38 bits per heavy atom. The topological polar surface area (TPSA) is 38.7 Å². The Kier molecular flexibility index (Phi) is 3.49. The fraction of sp³-hybridized carbons (Fsp3) is 0.190. The van der Waals surface area contributed by atoms with Gasteiger partial charge in [-0.3, -0.25) is 4.98 Å². The van der Waals surface area contributed by atoms with Crippen molar-refractivity contribution in [2.45, 2.75) is 25.7 Å². The van der Waals surface area contributed by atoms with Crippen LogP contribution < -0.4 is 0 Å². The van der Waals surface area contributed by atoms with Crippen LogP contribution in [0, 0.1) is 6.92 Å². The van der Waals surface area contributed by atoms with Crippen LogP contribution in [0.2, 0.25) is 0 Å². The number of hydrogen-bond donors (Lipinski definition) is 0. The van der Waals surface area contributed by atoms with Gasteiger partial charge in [-0.15, -0.1) is 0 Å². The van der Waals surface area contributed by atoms with Crippen molar-refractivity contribution in [1.82, 2.24) is 15.0 Å². The highest BCUT2D eigenvalue weighted by molar-refractivity contribution is 5.81. The Hall–Kier alpha value is -2.81. The van der Waals surface area contributed by atoms with Gasteiger partial charge in [-0.05, 0) is 43.2 Å². The SMILES string of the molecule is Cc1nc2ccccc2nc1C1=CCC(C)(c2ccccn2)C=C1. The molecule has 0 spiro atoms. The van der Waals surface area contributed by atoms with Crippen molar-refractivity contribution >= 4 is 16.6 Å². The first kappa shape index (κ1) is 14.8. The van der Waals surface area contributed by atoms with Crippen LogP contribution in [0.25, 0.3) is 16.6 Å². The second-order valence-electron chi connectivity index (χ2n) is 6.48. The fourth-order valence-electron chi connectivity index (χ4n) is 3.16. The van der Waals surface area contributed by atoms with Crippen LogP contribution in [0.5, 0.6) is 0 Å². The maximum atomic E-state index is 4.82. The number of aromatic nitrogens is 3. The minimum Gasteiger partial charge on any atom is -0.260 e. The molecule has 1 unspecified atom stereocenters. The van der Waals surface area contributed by atoms with Crippen LogP contribution in [-0.4, -0.2) is 15.0 Å². The van der Waals surface area contributed by atoms with Gasteiger partial charge in [0.15, 0.2) is 0 Å². The lowest BCUT2D eigenvalue weighted by atomic mass is 9.78. The second kappa shape index (κ2) is 5.68. The van der Waals surface area contributed by atoms with Crippen molar-refractivity contribution in [3.63, 3.8) is 0 Å². The van der Waals surface area contributed by atoms with E-state index in [2.05, 4.69) is 36.2 Å². The minimum atomic E-state index is -0.0665. The van der Waals surface area contributed by atoms with Crippen LogP contribution in [0.3, 0.4) is 0 Å². The van der Waals surface area contributed by atoms with E-state index >= 15 is 0 Å². The fourth-order valence-corrected chi connectivity index (χ4v) is 3.16. The molecule has 2 aromatic heterocycles. The Labute approximate surface area is 141 Å². The summed E-state index contributed by atoms with van der Waals surface area (Å²) in [4.78, 5) is 14.0. The molecule has 118 valence electrons. The lowest BCUT2D eigenvalue weighted by Gasteiger charge is -2.27. The molecule has 0 fully saturated rings. The maximum absolute atomic E-state index is 4.82. The molecule has 0 saturated carbocycles. The number of fused-ring (bicyclic) bond motifs is 1. The smallest absolute Gasteiger partial charge is 0.0918 e. The van der Waals surface area contributed by atoms with Gasteiger partial charge in [-0.25, -0.2) is 9.97 Å². The van der Waals surface area contributed by atoms with Gasteiger partial charge in [0, 0.05) is 11.6 Å². The third-order valence-electron chi connectivity index (χ3n) is 4.65. The molecule has 0 bridgehead atoms. The summed E-state index contributed by atoms with van der Waals surface area (Å²) in [5.74, 6) is 0. The summed E-state index contributed by atoms with van der Waals surface area (Å²) in [6.07, 6.45) is 9.40. The van der Waals surface area contributed by atoms with Crippen LogP contribution in [0.15, 0.2) is 66.9 Å². The zero-order valence-electron chi connectivity index (χ0n) is 13.9. The number of allylic oxidation sites excluding steroid dienone is 4. The molecule has 24 heavy (non-hydrogen) atoms. The van der Waals surface area contributed by atoms with Gasteiger partial charge in [0.2, 0.25) is 0 Å². The van der Waals surface area contributed by atoms with E-state index in [4.69, 9.17) is 9.97 Å². The Morgan fingerprint density at radius 1 is 0.958 bits per heavy atom. The number of rotatable bonds is 2. The number of aryl methyl sites for hydroxylation is 1. The maximum Gasteiger partial charge on any atom is 0.0918 e. The highest BCUT2D eigenvalue weighted by atomic mass is 14.8. The standard InChI is InChI=1S/C21H19N3/c1-15-20(24-18-8-4-3-7-17(18)23-15)16-10-12-21(2,13-11-16)19-9-5-6-14-22-19/h3-12,14H,13H2,1-2H3. The largest absolute Gasteiger partial charge is 0.260 e. The molecule has 3 aromatic rings. The molecule has 1 aliphatic carbocycles. The average Bonchev–Trinajstić information content (AvgIpc) is 2.63. The highest BCUT2D eigenvalue weighted by Gasteiger charge is 2.27. The van der Waals surface area contributed by atoms with E-state index in [0.29, 0.717) is 0 Å². The molecule has 4 rings (SSSR count). The monoisotopic (exact) mass is 313 g/mol. The quantitative estimate of drug-likeness (QED) is 0.692. The molecule has 0 aliphatic heterocycles. The predicted octanol–water partition coefficient (Wildman–Crippen LogP) is 4.63. The van der Waals surface area contributed by atoms with Crippen molar-refractivity contribution in [2.24, 2.45) is 0 Å². The van der Waals surface area contributed by atoms with Crippen molar-refractivity contribution < 1.29 is 0 Å². The molecule has 1 aliphatic rings. The number of para-hydroxylation sites is 2. The molecule has 3 heteroatoms. The first-order valence-electron chi connectivity index (χ1n) is 8.20. The van der Waals surface area contributed by atoms with Gasteiger partial charge in [0.25, 0.3) is 0 Å². The van der Waals surface area contributed by atoms with Crippen molar-refractivity contribution in [3.8, 4) is 0 Å². The van der Waals surface area contributed by atoms with E-state index in [0.717, 1.165) is 40.1 Å². The third kappa shape index (κ3) is 2.52. The zero-order valence-corrected chi connectivity index (χ0v) is 13.9. The van der Waals surface area contributed by atoms with Gasteiger partial charge in [-0.1, -0.05) is 43.4 Å². The van der Waals surface area contributed by atoms with Gasteiger partial charge in [0.1, 0.15) is 0 Å².